The third-order valence-electron chi connectivity index (χ3n) is 5.39. The standard InChI is InChI=1S/C22H22Cl2N2O4/c23-15-3-1-14(2-4-15)19-11-20(19)22(28)26-10-9-18(12-26)30-25-21(27)13-29-17-7-5-16(24)6-8-17/h1-8,18-20H,9-13H2,(H,25,27). The molecular weight excluding hydrogens is 427 g/mol. The second-order valence-electron chi connectivity index (χ2n) is 7.58. The molecule has 0 radical (unpaired) electrons. The molecule has 8 heteroatoms. The van der Waals surface area contributed by atoms with E-state index in [1.807, 2.05) is 29.2 Å². The van der Waals surface area contributed by atoms with E-state index in [9.17, 15) is 9.59 Å². The number of hydrogen-bond donors (Lipinski definition) is 1. The highest BCUT2D eigenvalue weighted by Gasteiger charge is 2.46. The van der Waals surface area contributed by atoms with Gasteiger partial charge in [0, 0.05) is 29.1 Å². The normalized spacial score (nSPS) is 22.6. The van der Waals surface area contributed by atoms with Crippen molar-refractivity contribution in [1.82, 2.24) is 10.4 Å². The van der Waals surface area contributed by atoms with Crippen LogP contribution < -0.4 is 10.2 Å². The Morgan fingerprint density at radius 3 is 2.40 bits per heavy atom. The molecule has 0 spiro atoms. The lowest BCUT2D eigenvalue weighted by atomic mass is 10.1. The van der Waals surface area contributed by atoms with Crippen LogP contribution in [0.3, 0.4) is 0 Å². The van der Waals surface area contributed by atoms with Gasteiger partial charge in [0.05, 0.1) is 0 Å². The highest BCUT2D eigenvalue weighted by atomic mass is 35.5. The minimum absolute atomic E-state index is 0.0206. The summed E-state index contributed by atoms with van der Waals surface area (Å²) in [6.45, 7) is 0.938. The zero-order valence-electron chi connectivity index (χ0n) is 16.2. The van der Waals surface area contributed by atoms with Crippen molar-refractivity contribution in [3.05, 3.63) is 64.1 Å². The van der Waals surface area contributed by atoms with Gasteiger partial charge in [-0.25, -0.2) is 5.48 Å². The number of amides is 2. The number of likely N-dealkylation sites (tertiary alicyclic amines) is 1. The highest BCUT2D eigenvalue weighted by Crippen LogP contribution is 2.48. The van der Waals surface area contributed by atoms with Gasteiger partial charge < -0.3 is 9.64 Å². The Morgan fingerprint density at radius 1 is 1.03 bits per heavy atom. The molecule has 2 amide bonds. The van der Waals surface area contributed by atoms with Crippen LogP contribution in [-0.4, -0.2) is 42.5 Å². The number of carbonyl (C=O) groups excluding carboxylic acids is 2. The fourth-order valence-corrected chi connectivity index (χ4v) is 3.92. The maximum atomic E-state index is 12.8. The van der Waals surface area contributed by atoms with E-state index in [0.29, 0.717) is 35.3 Å². The molecule has 1 aliphatic carbocycles. The summed E-state index contributed by atoms with van der Waals surface area (Å²) in [6, 6.07) is 14.4. The Kier molecular flexibility index (Phi) is 6.46. The van der Waals surface area contributed by atoms with Gasteiger partial charge in [-0.2, -0.15) is 0 Å². The summed E-state index contributed by atoms with van der Waals surface area (Å²) in [4.78, 5) is 32.0. The molecule has 1 saturated carbocycles. The summed E-state index contributed by atoms with van der Waals surface area (Å²) in [5.74, 6) is 0.594. The average Bonchev–Trinajstić information content (AvgIpc) is 3.41. The van der Waals surface area contributed by atoms with Gasteiger partial charge in [0.15, 0.2) is 6.61 Å². The molecule has 1 aliphatic heterocycles. The van der Waals surface area contributed by atoms with Crippen LogP contribution in [-0.2, 0) is 14.4 Å². The Hall–Kier alpha value is -2.28. The SMILES string of the molecule is O=C(COc1ccc(Cl)cc1)NOC1CCN(C(=O)C2CC2c2ccc(Cl)cc2)C1. The third kappa shape index (κ3) is 5.25. The molecule has 30 heavy (non-hydrogen) atoms. The van der Waals surface area contributed by atoms with Crippen molar-refractivity contribution in [2.24, 2.45) is 5.92 Å². The molecule has 6 nitrogen and oxygen atoms in total. The van der Waals surface area contributed by atoms with E-state index in [2.05, 4.69) is 5.48 Å². The summed E-state index contributed by atoms with van der Waals surface area (Å²) in [6.07, 6.45) is 1.32. The topological polar surface area (TPSA) is 67.9 Å². The van der Waals surface area contributed by atoms with Crippen LogP contribution >= 0.6 is 23.2 Å². The van der Waals surface area contributed by atoms with Crippen LogP contribution in [0.5, 0.6) is 5.75 Å². The van der Waals surface area contributed by atoms with Crippen LogP contribution in [0, 0.1) is 5.92 Å². The van der Waals surface area contributed by atoms with Crippen molar-refractivity contribution >= 4 is 35.0 Å². The Bertz CT molecular complexity index is 904. The molecule has 2 aromatic carbocycles. The number of halogens is 2. The molecule has 1 saturated heterocycles. The largest absolute Gasteiger partial charge is 0.484 e. The molecule has 3 atom stereocenters. The van der Waals surface area contributed by atoms with E-state index in [-0.39, 0.29) is 36.4 Å². The minimum Gasteiger partial charge on any atom is -0.484 e. The van der Waals surface area contributed by atoms with E-state index in [1.54, 1.807) is 24.3 Å². The average molecular weight is 449 g/mol. The molecule has 2 aromatic rings. The molecule has 1 N–H and O–H groups in total. The summed E-state index contributed by atoms with van der Waals surface area (Å²) >= 11 is 11.7. The van der Waals surface area contributed by atoms with Crippen molar-refractivity contribution in [1.29, 1.82) is 0 Å². The first-order chi connectivity index (χ1) is 14.5. The molecule has 158 valence electrons. The number of hydroxylamine groups is 1. The second kappa shape index (κ2) is 9.25. The van der Waals surface area contributed by atoms with Gasteiger partial charge in [0.1, 0.15) is 11.9 Å². The Balaban J connectivity index is 1.17. The Labute approximate surface area is 185 Å². The zero-order valence-corrected chi connectivity index (χ0v) is 17.7. The first-order valence-corrected chi connectivity index (χ1v) is 10.6. The van der Waals surface area contributed by atoms with Gasteiger partial charge in [-0.1, -0.05) is 35.3 Å². The number of nitrogens with zero attached hydrogens (tertiary/aromatic N) is 1. The van der Waals surface area contributed by atoms with Crippen molar-refractivity contribution in [2.75, 3.05) is 19.7 Å². The zero-order chi connectivity index (χ0) is 21.1. The van der Waals surface area contributed by atoms with E-state index in [1.165, 1.54) is 0 Å². The van der Waals surface area contributed by atoms with Gasteiger partial charge >= 0.3 is 0 Å². The first kappa shape index (κ1) is 21.0. The summed E-state index contributed by atoms with van der Waals surface area (Å²) < 4.78 is 5.37. The van der Waals surface area contributed by atoms with Crippen molar-refractivity contribution in [3.63, 3.8) is 0 Å². The molecule has 2 fully saturated rings. The van der Waals surface area contributed by atoms with Crippen LogP contribution in [0.2, 0.25) is 10.0 Å². The number of rotatable bonds is 7. The third-order valence-corrected chi connectivity index (χ3v) is 5.89. The fourth-order valence-electron chi connectivity index (χ4n) is 3.66. The van der Waals surface area contributed by atoms with Crippen LogP contribution in [0.1, 0.15) is 24.3 Å². The number of nitrogens with one attached hydrogen (secondary N) is 1. The molecule has 0 aromatic heterocycles. The van der Waals surface area contributed by atoms with E-state index in [4.69, 9.17) is 32.8 Å². The highest BCUT2D eigenvalue weighted by molar-refractivity contribution is 6.30. The van der Waals surface area contributed by atoms with Gasteiger partial charge in [-0.15, -0.1) is 0 Å². The number of benzene rings is 2. The van der Waals surface area contributed by atoms with Crippen LogP contribution in [0.4, 0.5) is 0 Å². The van der Waals surface area contributed by atoms with Crippen LogP contribution in [0.15, 0.2) is 48.5 Å². The molecule has 0 bridgehead atoms. The lowest BCUT2D eigenvalue weighted by Crippen LogP contribution is -2.36. The second-order valence-corrected chi connectivity index (χ2v) is 8.45. The molecule has 2 aliphatic rings. The maximum Gasteiger partial charge on any atom is 0.281 e. The predicted octanol–water partition coefficient (Wildman–Crippen LogP) is 3.82. The van der Waals surface area contributed by atoms with E-state index >= 15 is 0 Å². The van der Waals surface area contributed by atoms with Gasteiger partial charge in [0.25, 0.3) is 5.91 Å². The molecule has 4 rings (SSSR count). The van der Waals surface area contributed by atoms with Crippen molar-refractivity contribution in [2.45, 2.75) is 24.9 Å². The first-order valence-electron chi connectivity index (χ1n) is 9.86. The number of ether oxygens (including phenoxy) is 1. The van der Waals surface area contributed by atoms with Gasteiger partial charge in [-0.3, -0.25) is 14.4 Å². The molecule has 1 heterocycles. The van der Waals surface area contributed by atoms with Gasteiger partial charge in [0.2, 0.25) is 5.91 Å². The molecular formula is C22H22Cl2N2O4. The summed E-state index contributed by atoms with van der Waals surface area (Å²) in [7, 11) is 0. The Morgan fingerprint density at radius 2 is 1.70 bits per heavy atom. The predicted molar refractivity (Wildman–Crippen MR) is 113 cm³/mol. The lowest BCUT2D eigenvalue weighted by Gasteiger charge is -2.17. The quantitative estimate of drug-likeness (QED) is 0.653. The summed E-state index contributed by atoms with van der Waals surface area (Å²) in [5, 5.41) is 1.29. The minimum atomic E-state index is -0.389. The molecule has 3 unspecified atom stereocenters. The van der Waals surface area contributed by atoms with E-state index in [0.717, 1.165) is 12.0 Å². The van der Waals surface area contributed by atoms with Crippen molar-refractivity contribution < 1.29 is 19.2 Å². The van der Waals surface area contributed by atoms with Gasteiger partial charge in [-0.05, 0) is 60.7 Å². The maximum absolute atomic E-state index is 12.8. The number of hydrogen-bond acceptors (Lipinski definition) is 4. The number of carbonyl (C=O) groups is 2. The fraction of sp³-hybridized carbons (Fsp3) is 0.364. The smallest absolute Gasteiger partial charge is 0.281 e. The monoisotopic (exact) mass is 448 g/mol. The summed E-state index contributed by atoms with van der Waals surface area (Å²) in [5.41, 5.74) is 3.56. The lowest BCUT2D eigenvalue weighted by molar-refractivity contribution is -0.140. The van der Waals surface area contributed by atoms with Crippen molar-refractivity contribution in [3.8, 4) is 5.75 Å². The van der Waals surface area contributed by atoms with Crippen LogP contribution in [0.25, 0.3) is 0 Å². The van der Waals surface area contributed by atoms with E-state index < -0.39 is 0 Å².